The van der Waals surface area contributed by atoms with Gasteiger partial charge in [0.25, 0.3) is 5.91 Å². The Morgan fingerprint density at radius 2 is 2.10 bits per heavy atom. The minimum atomic E-state index is -1.02. The predicted octanol–water partition coefficient (Wildman–Crippen LogP) is 3.85. The van der Waals surface area contributed by atoms with Crippen LogP contribution in [0.1, 0.15) is 15.2 Å². The van der Waals surface area contributed by atoms with Gasteiger partial charge in [-0.2, -0.15) is 0 Å². The van der Waals surface area contributed by atoms with Crippen molar-refractivity contribution in [1.82, 2.24) is 4.90 Å². The van der Waals surface area contributed by atoms with Crippen molar-refractivity contribution >= 4 is 17.2 Å². The van der Waals surface area contributed by atoms with E-state index in [1.165, 1.54) is 22.3 Å². The molecule has 2 rings (SSSR count). The molecule has 0 atom stereocenters. The summed E-state index contributed by atoms with van der Waals surface area (Å²) in [5.74, 6) is -2.34. The fraction of sp³-hybridized carbons (Fsp3) is 0.133. The van der Waals surface area contributed by atoms with Crippen LogP contribution in [-0.4, -0.2) is 17.4 Å². The highest BCUT2D eigenvalue weighted by Gasteiger charge is 2.17. The van der Waals surface area contributed by atoms with Crippen LogP contribution in [0, 0.1) is 11.6 Å². The van der Waals surface area contributed by atoms with Crippen molar-refractivity contribution in [3.8, 4) is 0 Å². The first-order valence-corrected chi connectivity index (χ1v) is 6.87. The SMILES string of the molecule is C=CCN(Cc1cccs1)C(=O)c1ccc(F)c(F)c1. The molecule has 0 bridgehead atoms. The largest absolute Gasteiger partial charge is 0.330 e. The molecule has 2 aromatic rings. The summed E-state index contributed by atoms with van der Waals surface area (Å²) in [6.45, 7) is 4.37. The molecule has 1 aromatic heterocycles. The fourth-order valence-electron chi connectivity index (χ4n) is 1.78. The maximum absolute atomic E-state index is 13.2. The van der Waals surface area contributed by atoms with E-state index >= 15 is 0 Å². The second-order valence-corrected chi connectivity index (χ2v) is 5.21. The highest BCUT2D eigenvalue weighted by molar-refractivity contribution is 7.09. The number of rotatable bonds is 5. The Labute approximate surface area is 120 Å². The predicted molar refractivity (Wildman–Crippen MR) is 75.6 cm³/mol. The average molecular weight is 293 g/mol. The minimum absolute atomic E-state index is 0.127. The number of hydrogen-bond acceptors (Lipinski definition) is 2. The first kappa shape index (κ1) is 14.4. The summed E-state index contributed by atoms with van der Waals surface area (Å²) >= 11 is 1.53. The van der Waals surface area contributed by atoms with Crippen molar-refractivity contribution in [1.29, 1.82) is 0 Å². The molecule has 0 aliphatic rings. The Morgan fingerprint density at radius 3 is 2.70 bits per heavy atom. The average Bonchev–Trinajstić information content (AvgIpc) is 2.93. The molecule has 1 amide bonds. The molecule has 5 heteroatoms. The molecular weight excluding hydrogens is 280 g/mol. The smallest absolute Gasteiger partial charge is 0.254 e. The van der Waals surface area contributed by atoms with Gasteiger partial charge in [-0.25, -0.2) is 8.78 Å². The second kappa shape index (κ2) is 6.43. The van der Waals surface area contributed by atoms with E-state index in [0.717, 1.165) is 17.0 Å². The molecule has 0 saturated heterocycles. The minimum Gasteiger partial charge on any atom is -0.330 e. The molecule has 0 spiro atoms. The van der Waals surface area contributed by atoms with Crippen molar-refractivity contribution in [3.63, 3.8) is 0 Å². The molecular formula is C15H13F2NOS. The summed E-state index contributed by atoms with van der Waals surface area (Å²) in [5, 5.41) is 1.92. The summed E-state index contributed by atoms with van der Waals surface area (Å²) in [4.78, 5) is 14.9. The van der Waals surface area contributed by atoms with Crippen molar-refractivity contribution in [2.75, 3.05) is 6.54 Å². The summed E-state index contributed by atoms with van der Waals surface area (Å²) in [6.07, 6.45) is 1.60. The van der Waals surface area contributed by atoms with Crippen LogP contribution in [-0.2, 0) is 6.54 Å². The van der Waals surface area contributed by atoms with Crippen LogP contribution < -0.4 is 0 Å². The van der Waals surface area contributed by atoms with Gasteiger partial charge in [0.2, 0.25) is 0 Å². The topological polar surface area (TPSA) is 20.3 Å². The molecule has 0 aliphatic carbocycles. The van der Waals surface area contributed by atoms with Gasteiger partial charge in [-0.1, -0.05) is 12.1 Å². The summed E-state index contributed by atoms with van der Waals surface area (Å²) < 4.78 is 26.1. The van der Waals surface area contributed by atoms with Gasteiger partial charge in [0.15, 0.2) is 11.6 Å². The van der Waals surface area contributed by atoms with Gasteiger partial charge in [0, 0.05) is 17.0 Å². The summed E-state index contributed by atoms with van der Waals surface area (Å²) in [6, 6.07) is 6.97. The summed E-state index contributed by atoms with van der Waals surface area (Å²) in [5.41, 5.74) is 0.127. The molecule has 20 heavy (non-hydrogen) atoms. The maximum atomic E-state index is 13.2. The highest BCUT2D eigenvalue weighted by Crippen LogP contribution is 2.16. The first-order valence-electron chi connectivity index (χ1n) is 5.99. The lowest BCUT2D eigenvalue weighted by Crippen LogP contribution is -2.30. The van der Waals surface area contributed by atoms with Crippen LogP contribution in [0.2, 0.25) is 0 Å². The van der Waals surface area contributed by atoms with E-state index in [-0.39, 0.29) is 11.5 Å². The van der Waals surface area contributed by atoms with Gasteiger partial charge >= 0.3 is 0 Å². The van der Waals surface area contributed by atoms with Crippen LogP contribution >= 0.6 is 11.3 Å². The van der Waals surface area contributed by atoms with Crippen LogP contribution in [0.25, 0.3) is 0 Å². The first-order chi connectivity index (χ1) is 9.61. The van der Waals surface area contributed by atoms with E-state index in [1.54, 1.807) is 6.08 Å². The van der Waals surface area contributed by atoms with Crippen molar-refractivity contribution in [3.05, 3.63) is 70.4 Å². The molecule has 0 radical (unpaired) electrons. The number of benzene rings is 1. The van der Waals surface area contributed by atoms with Gasteiger partial charge in [-0.05, 0) is 29.6 Å². The molecule has 0 unspecified atom stereocenters. The van der Waals surface area contributed by atoms with Gasteiger partial charge in [-0.15, -0.1) is 17.9 Å². The number of carbonyl (C=O) groups is 1. The fourth-order valence-corrected chi connectivity index (χ4v) is 2.50. The van der Waals surface area contributed by atoms with Gasteiger partial charge in [-0.3, -0.25) is 4.79 Å². The lowest BCUT2D eigenvalue weighted by atomic mass is 10.2. The zero-order chi connectivity index (χ0) is 14.5. The number of amides is 1. The Hall–Kier alpha value is -2.01. The molecule has 1 aromatic carbocycles. The highest BCUT2D eigenvalue weighted by atomic mass is 32.1. The summed E-state index contributed by atoms with van der Waals surface area (Å²) in [7, 11) is 0. The van der Waals surface area contributed by atoms with Crippen LogP contribution in [0.5, 0.6) is 0 Å². The quantitative estimate of drug-likeness (QED) is 0.767. The monoisotopic (exact) mass is 293 g/mol. The Balaban J connectivity index is 2.21. The molecule has 0 fully saturated rings. The third-order valence-corrected chi connectivity index (χ3v) is 3.59. The van der Waals surface area contributed by atoms with Crippen LogP contribution in [0.15, 0.2) is 48.4 Å². The van der Waals surface area contributed by atoms with E-state index in [0.29, 0.717) is 13.1 Å². The number of thiophene rings is 1. The molecule has 0 N–H and O–H groups in total. The third-order valence-electron chi connectivity index (χ3n) is 2.73. The van der Waals surface area contributed by atoms with E-state index in [9.17, 15) is 13.6 Å². The second-order valence-electron chi connectivity index (χ2n) is 4.18. The van der Waals surface area contributed by atoms with Gasteiger partial charge < -0.3 is 4.90 Å². The Morgan fingerprint density at radius 1 is 1.30 bits per heavy atom. The van der Waals surface area contributed by atoms with E-state index < -0.39 is 11.6 Å². The molecule has 1 heterocycles. The molecule has 104 valence electrons. The molecule has 0 saturated carbocycles. The van der Waals surface area contributed by atoms with Crippen LogP contribution in [0.4, 0.5) is 8.78 Å². The number of halogens is 2. The van der Waals surface area contributed by atoms with Crippen LogP contribution in [0.3, 0.4) is 0 Å². The van der Waals surface area contributed by atoms with Crippen molar-refractivity contribution < 1.29 is 13.6 Å². The van der Waals surface area contributed by atoms with Gasteiger partial charge in [0.1, 0.15) is 0 Å². The molecule has 2 nitrogen and oxygen atoms in total. The lowest BCUT2D eigenvalue weighted by molar-refractivity contribution is 0.0763. The number of hydrogen-bond donors (Lipinski definition) is 0. The molecule has 0 aliphatic heterocycles. The number of carbonyl (C=O) groups excluding carboxylic acids is 1. The Bertz CT molecular complexity index is 610. The zero-order valence-electron chi connectivity index (χ0n) is 10.7. The van der Waals surface area contributed by atoms with E-state index in [2.05, 4.69) is 6.58 Å². The normalized spacial score (nSPS) is 10.3. The zero-order valence-corrected chi connectivity index (χ0v) is 11.5. The maximum Gasteiger partial charge on any atom is 0.254 e. The standard InChI is InChI=1S/C15H13F2NOS/c1-2-7-18(10-12-4-3-8-20-12)15(19)11-5-6-13(16)14(17)9-11/h2-6,8-9H,1,7,10H2. The Kier molecular flexibility index (Phi) is 4.63. The van der Waals surface area contributed by atoms with Crippen molar-refractivity contribution in [2.24, 2.45) is 0 Å². The van der Waals surface area contributed by atoms with Crippen molar-refractivity contribution in [2.45, 2.75) is 6.54 Å². The third kappa shape index (κ3) is 3.30. The number of nitrogens with zero attached hydrogens (tertiary/aromatic N) is 1. The van der Waals surface area contributed by atoms with E-state index in [4.69, 9.17) is 0 Å². The van der Waals surface area contributed by atoms with Gasteiger partial charge in [0.05, 0.1) is 6.54 Å². The van der Waals surface area contributed by atoms with E-state index in [1.807, 2.05) is 17.5 Å². The lowest BCUT2D eigenvalue weighted by Gasteiger charge is -2.20.